The second-order valence-electron chi connectivity index (χ2n) is 1.33. The highest BCUT2D eigenvalue weighted by Gasteiger charge is 1.99. The molecule has 1 N–H and O–H groups in total. The monoisotopic (exact) mass is 145 g/mol. The molecule has 0 fully saturated rings. The van der Waals surface area contributed by atoms with Crippen molar-refractivity contribution in [3.63, 3.8) is 0 Å². The maximum absolute atomic E-state index is 5.01. The molecule has 0 unspecified atom stereocenters. The molecule has 0 radical (unpaired) electrons. The van der Waals surface area contributed by atoms with Crippen molar-refractivity contribution in [3.05, 3.63) is 0 Å². The lowest BCUT2D eigenvalue weighted by molar-refractivity contribution is 0.468. The number of anilines is 1. The molecule has 0 bridgehead atoms. The predicted molar refractivity (Wildman–Crippen MR) is 35.6 cm³/mol. The molecule has 50 valence electrons. The Morgan fingerprint density at radius 2 is 2.33 bits per heavy atom. The minimum Gasteiger partial charge on any atom is -0.398 e. The quantitative estimate of drug-likeness (QED) is 0.625. The first-order chi connectivity index (χ1) is 4.36. The summed E-state index contributed by atoms with van der Waals surface area (Å²) in [6.07, 6.45) is 1.88. The van der Waals surface area contributed by atoms with E-state index in [9.17, 15) is 0 Å². The molecule has 0 atom stereocenters. The van der Waals surface area contributed by atoms with E-state index in [4.69, 9.17) is 4.42 Å². The molecule has 0 aliphatic carbocycles. The average molecular weight is 145 g/mol. The molecule has 1 aromatic heterocycles. The Labute approximate surface area is 57.0 Å². The first kappa shape index (κ1) is 6.41. The van der Waals surface area contributed by atoms with Crippen LogP contribution in [0.1, 0.15) is 0 Å². The Balaban J connectivity index is 2.74. The maximum atomic E-state index is 5.01. The molecule has 9 heavy (non-hydrogen) atoms. The van der Waals surface area contributed by atoms with Gasteiger partial charge in [0, 0.05) is 7.05 Å². The van der Waals surface area contributed by atoms with Crippen molar-refractivity contribution < 1.29 is 4.42 Å². The number of hydrogen-bond donors (Lipinski definition) is 1. The van der Waals surface area contributed by atoms with Crippen LogP contribution in [-0.4, -0.2) is 23.5 Å². The largest absolute Gasteiger partial charge is 0.398 e. The number of thioether (sulfide) groups is 1. The third-order valence-corrected chi connectivity index (χ3v) is 1.31. The van der Waals surface area contributed by atoms with Gasteiger partial charge in [-0.25, -0.2) is 0 Å². The van der Waals surface area contributed by atoms with Gasteiger partial charge in [-0.1, -0.05) is 22.0 Å². The van der Waals surface area contributed by atoms with Crippen LogP contribution in [0.5, 0.6) is 0 Å². The van der Waals surface area contributed by atoms with Gasteiger partial charge in [0.25, 0.3) is 5.22 Å². The van der Waals surface area contributed by atoms with Crippen LogP contribution in [0.3, 0.4) is 0 Å². The van der Waals surface area contributed by atoms with Crippen molar-refractivity contribution in [2.24, 2.45) is 0 Å². The normalized spacial score (nSPS) is 9.56. The van der Waals surface area contributed by atoms with Crippen LogP contribution < -0.4 is 5.32 Å². The molecule has 1 aromatic rings. The van der Waals surface area contributed by atoms with E-state index in [0.717, 1.165) is 0 Å². The van der Waals surface area contributed by atoms with E-state index in [1.807, 2.05) is 6.26 Å². The van der Waals surface area contributed by atoms with E-state index in [1.165, 1.54) is 11.8 Å². The molecule has 0 aliphatic rings. The maximum Gasteiger partial charge on any atom is 0.315 e. The summed E-state index contributed by atoms with van der Waals surface area (Å²) in [6.45, 7) is 0. The van der Waals surface area contributed by atoms with E-state index >= 15 is 0 Å². The molecule has 0 aliphatic heterocycles. The van der Waals surface area contributed by atoms with E-state index in [-0.39, 0.29) is 0 Å². The predicted octanol–water partition coefficient (Wildman–Crippen LogP) is 0.833. The molecule has 1 heterocycles. The highest BCUT2D eigenvalue weighted by molar-refractivity contribution is 7.98. The molecule has 4 nitrogen and oxygen atoms in total. The topological polar surface area (TPSA) is 51.0 Å². The molecule has 0 saturated heterocycles. The number of aromatic nitrogens is 2. The Morgan fingerprint density at radius 1 is 1.56 bits per heavy atom. The zero-order chi connectivity index (χ0) is 6.69. The van der Waals surface area contributed by atoms with Crippen molar-refractivity contribution in [2.75, 3.05) is 18.6 Å². The Kier molecular flexibility index (Phi) is 1.94. The van der Waals surface area contributed by atoms with Gasteiger partial charge in [-0.15, -0.1) is 0 Å². The van der Waals surface area contributed by atoms with Gasteiger partial charge in [0.1, 0.15) is 0 Å². The fourth-order valence-corrected chi connectivity index (χ4v) is 0.678. The van der Waals surface area contributed by atoms with Gasteiger partial charge < -0.3 is 9.73 Å². The van der Waals surface area contributed by atoms with Crippen molar-refractivity contribution >= 4 is 17.8 Å². The molecular formula is C4H7N3OS. The Bertz CT molecular complexity index is 169. The number of nitrogens with zero attached hydrogens (tertiary/aromatic N) is 2. The molecule has 1 rings (SSSR count). The van der Waals surface area contributed by atoms with Crippen LogP contribution in [0.25, 0.3) is 0 Å². The van der Waals surface area contributed by atoms with Crippen molar-refractivity contribution in [2.45, 2.75) is 5.22 Å². The summed E-state index contributed by atoms with van der Waals surface area (Å²) in [7, 11) is 1.73. The summed E-state index contributed by atoms with van der Waals surface area (Å²) >= 11 is 1.42. The summed E-state index contributed by atoms with van der Waals surface area (Å²) < 4.78 is 5.01. The smallest absolute Gasteiger partial charge is 0.315 e. The summed E-state index contributed by atoms with van der Waals surface area (Å²) in [5.74, 6) is 0. The van der Waals surface area contributed by atoms with Crippen molar-refractivity contribution in [3.8, 4) is 0 Å². The molecule has 5 heteroatoms. The van der Waals surface area contributed by atoms with Crippen molar-refractivity contribution in [1.29, 1.82) is 0 Å². The van der Waals surface area contributed by atoms with E-state index in [0.29, 0.717) is 11.2 Å². The highest BCUT2D eigenvalue weighted by atomic mass is 32.2. The summed E-state index contributed by atoms with van der Waals surface area (Å²) in [4.78, 5) is 0. The van der Waals surface area contributed by atoms with Crippen LogP contribution in [0.15, 0.2) is 9.64 Å². The fraction of sp³-hybridized carbons (Fsp3) is 0.500. The summed E-state index contributed by atoms with van der Waals surface area (Å²) in [5, 5.41) is 10.7. The van der Waals surface area contributed by atoms with Crippen LogP contribution in [0.2, 0.25) is 0 Å². The Morgan fingerprint density at radius 3 is 2.67 bits per heavy atom. The van der Waals surface area contributed by atoms with Crippen LogP contribution in [0, 0.1) is 0 Å². The van der Waals surface area contributed by atoms with Gasteiger partial charge in [-0.2, -0.15) is 0 Å². The lowest BCUT2D eigenvalue weighted by Crippen LogP contribution is -1.85. The van der Waals surface area contributed by atoms with Gasteiger partial charge >= 0.3 is 6.01 Å². The zero-order valence-corrected chi connectivity index (χ0v) is 6.03. The third kappa shape index (κ3) is 1.35. The second kappa shape index (κ2) is 2.72. The molecule has 0 aromatic carbocycles. The second-order valence-corrected chi connectivity index (χ2v) is 2.08. The zero-order valence-electron chi connectivity index (χ0n) is 5.21. The fourth-order valence-electron chi connectivity index (χ4n) is 0.393. The van der Waals surface area contributed by atoms with Crippen molar-refractivity contribution in [1.82, 2.24) is 10.2 Å². The standard InChI is InChI=1S/C4H7N3OS/c1-5-3-6-7-4(8-3)9-2/h1-2H3,(H,5,6). The van der Waals surface area contributed by atoms with Gasteiger partial charge in [0.15, 0.2) is 0 Å². The minimum atomic E-state index is 0.458. The minimum absolute atomic E-state index is 0.458. The van der Waals surface area contributed by atoms with Crippen LogP contribution >= 0.6 is 11.8 Å². The van der Waals surface area contributed by atoms with Crippen LogP contribution in [0.4, 0.5) is 6.01 Å². The molecule has 0 saturated carbocycles. The Hall–Kier alpha value is -0.710. The highest BCUT2D eigenvalue weighted by Crippen LogP contribution is 2.13. The van der Waals surface area contributed by atoms with Gasteiger partial charge in [-0.05, 0) is 6.26 Å². The molecule has 0 spiro atoms. The molecular weight excluding hydrogens is 138 g/mol. The van der Waals surface area contributed by atoms with Gasteiger partial charge in [0.2, 0.25) is 0 Å². The SMILES string of the molecule is CNc1nnc(SC)o1. The lowest BCUT2D eigenvalue weighted by atomic mass is 11.1. The van der Waals surface area contributed by atoms with Crippen LogP contribution in [-0.2, 0) is 0 Å². The molecule has 0 amide bonds. The van der Waals surface area contributed by atoms with Gasteiger partial charge in [0.05, 0.1) is 0 Å². The lowest BCUT2D eigenvalue weighted by Gasteiger charge is -1.84. The number of nitrogens with one attached hydrogen (secondary N) is 1. The van der Waals surface area contributed by atoms with E-state index < -0.39 is 0 Å². The average Bonchev–Trinajstić information content (AvgIpc) is 2.34. The first-order valence-electron chi connectivity index (χ1n) is 2.42. The van der Waals surface area contributed by atoms with Gasteiger partial charge in [-0.3, -0.25) is 0 Å². The van der Waals surface area contributed by atoms with E-state index in [2.05, 4.69) is 15.5 Å². The third-order valence-electron chi connectivity index (χ3n) is 0.795. The first-order valence-corrected chi connectivity index (χ1v) is 3.64. The number of hydrogen-bond acceptors (Lipinski definition) is 5. The summed E-state index contributed by atoms with van der Waals surface area (Å²) in [5.41, 5.74) is 0. The number of rotatable bonds is 2. The van der Waals surface area contributed by atoms with E-state index in [1.54, 1.807) is 7.05 Å². The summed E-state index contributed by atoms with van der Waals surface area (Å²) in [6, 6.07) is 0.458.